The number of nitrogens with one attached hydrogen (secondary N) is 2. The van der Waals surface area contributed by atoms with Crippen LogP contribution in [0.2, 0.25) is 5.02 Å². The van der Waals surface area contributed by atoms with Crippen molar-refractivity contribution in [3.05, 3.63) is 75.3 Å². The average molecular weight is 505 g/mol. The van der Waals surface area contributed by atoms with Crippen LogP contribution in [0.3, 0.4) is 0 Å². The SMILES string of the molecule is CC[C@H]1COC(=O)N1c1nc(C)nc(NC(C)c2cc3cc(-c4ccc(Cl)cc4)ccc3[nH]c2=O)n1. The number of amides is 1. The third-order valence-corrected chi connectivity index (χ3v) is 6.50. The number of aromatic nitrogens is 4. The summed E-state index contributed by atoms with van der Waals surface area (Å²) >= 11 is 6.03. The molecule has 184 valence electrons. The van der Waals surface area contributed by atoms with Crippen LogP contribution in [0.5, 0.6) is 0 Å². The van der Waals surface area contributed by atoms with Crippen LogP contribution >= 0.6 is 11.6 Å². The zero-order valence-electron chi connectivity index (χ0n) is 20.1. The van der Waals surface area contributed by atoms with Crippen LogP contribution in [-0.2, 0) is 4.74 Å². The number of anilines is 2. The van der Waals surface area contributed by atoms with E-state index in [0.29, 0.717) is 29.4 Å². The summed E-state index contributed by atoms with van der Waals surface area (Å²) in [5, 5.41) is 4.76. The number of ether oxygens (including phenoxy) is 1. The molecule has 1 aliphatic heterocycles. The highest BCUT2D eigenvalue weighted by Crippen LogP contribution is 2.27. The fourth-order valence-corrected chi connectivity index (χ4v) is 4.41. The van der Waals surface area contributed by atoms with Crippen LogP contribution in [-0.4, -0.2) is 38.7 Å². The minimum atomic E-state index is -0.478. The molecule has 10 heteroatoms. The molecule has 0 saturated carbocycles. The molecule has 2 atom stereocenters. The van der Waals surface area contributed by atoms with Gasteiger partial charge in [0.2, 0.25) is 11.9 Å². The van der Waals surface area contributed by atoms with Crippen molar-refractivity contribution in [2.75, 3.05) is 16.8 Å². The summed E-state index contributed by atoms with van der Waals surface area (Å²) in [5.74, 6) is 0.949. The molecule has 4 aromatic rings. The quantitative estimate of drug-likeness (QED) is 0.368. The van der Waals surface area contributed by atoms with Gasteiger partial charge in [0.25, 0.3) is 5.56 Å². The highest BCUT2D eigenvalue weighted by atomic mass is 35.5. The van der Waals surface area contributed by atoms with Gasteiger partial charge in [0, 0.05) is 16.1 Å². The minimum absolute atomic E-state index is 0.136. The Bertz CT molecular complexity index is 1500. The summed E-state index contributed by atoms with van der Waals surface area (Å²) in [6.45, 7) is 5.85. The molecule has 2 aromatic carbocycles. The topological polar surface area (TPSA) is 113 Å². The molecular formula is C26H25ClN6O3. The first-order valence-corrected chi connectivity index (χ1v) is 12.1. The summed E-state index contributed by atoms with van der Waals surface area (Å²) < 4.78 is 5.17. The van der Waals surface area contributed by atoms with Gasteiger partial charge in [-0.15, -0.1) is 0 Å². The summed E-state index contributed by atoms with van der Waals surface area (Å²) in [7, 11) is 0. The molecule has 0 bridgehead atoms. The van der Waals surface area contributed by atoms with Gasteiger partial charge in [-0.1, -0.05) is 36.7 Å². The summed E-state index contributed by atoms with van der Waals surface area (Å²) in [4.78, 5) is 42.7. The Morgan fingerprint density at radius 2 is 1.86 bits per heavy atom. The second-order valence-corrected chi connectivity index (χ2v) is 9.18. The van der Waals surface area contributed by atoms with Gasteiger partial charge in [0.05, 0.1) is 12.1 Å². The molecule has 5 rings (SSSR count). The third kappa shape index (κ3) is 4.61. The first-order chi connectivity index (χ1) is 17.3. The smallest absolute Gasteiger partial charge is 0.417 e. The summed E-state index contributed by atoms with van der Waals surface area (Å²) in [5.41, 5.74) is 3.10. The zero-order valence-corrected chi connectivity index (χ0v) is 20.8. The number of carbonyl (C=O) groups is 1. The van der Waals surface area contributed by atoms with Gasteiger partial charge in [-0.25, -0.2) is 9.69 Å². The Labute approximate surface area is 212 Å². The fourth-order valence-electron chi connectivity index (χ4n) is 4.28. The van der Waals surface area contributed by atoms with Crippen LogP contribution in [0, 0.1) is 6.92 Å². The number of hydrogen-bond donors (Lipinski definition) is 2. The molecule has 0 aliphatic carbocycles. The number of aryl methyl sites for hydroxylation is 1. The average Bonchev–Trinajstić information content (AvgIpc) is 3.24. The Morgan fingerprint density at radius 1 is 1.11 bits per heavy atom. The molecule has 0 radical (unpaired) electrons. The van der Waals surface area contributed by atoms with Crippen molar-refractivity contribution < 1.29 is 9.53 Å². The molecule has 1 amide bonds. The number of aromatic amines is 1. The van der Waals surface area contributed by atoms with E-state index in [4.69, 9.17) is 16.3 Å². The van der Waals surface area contributed by atoms with Gasteiger partial charge in [-0.05, 0) is 67.1 Å². The maximum absolute atomic E-state index is 12.9. The summed E-state index contributed by atoms with van der Waals surface area (Å²) in [6.07, 6.45) is 0.231. The minimum Gasteiger partial charge on any atom is -0.447 e. The fraction of sp³-hybridized carbons (Fsp3) is 0.269. The van der Waals surface area contributed by atoms with Crippen molar-refractivity contribution in [3.8, 4) is 11.1 Å². The normalized spacial score (nSPS) is 16.3. The number of pyridine rings is 1. The first-order valence-electron chi connectivity index (χ1n) is 11.7. The van der Waals surface area contributed by atoms with E-state index in [0.717, 1.165) is 22.0 Å². The lowest BCUT2D eigenvalue weighted by atomic mass is 10.0. The molecular weight excluding hydrogens is 480 g/mol. The van der Waals surface area contributed by atoms with Crippen molar-refractivity contribution in [2.45, 2.75) is 39.3 Å². The largest absolute Gasteiger partial charge is 0.447 e. The van der Waals surface area contributed by atoms with E-state index in [1.54, 1.807) is 6.92 Å². The number of benzene rings is 2. The van der Waals surface area contributed by atoms with Crippen molar-refractivity contribution >= 4 is 40.5 Å². The van der Waals surface area contributed by atoms with Gasteiger partial charge in [0.15, 0.2) is 0 Å². The van der Waals surface area contributed by atoms with Crippen LogP contribution in [0.1, 0.15) is 37.7 Å². The van der Waals surface area contributed by atoms with Crippen molar-refractivity contribution in [2.24, 2.45) is 0 Å². The lowest BCUT2D eigenvalue weighted by molar-refractivity contribution is 0.178. The Balaban J connectivity index is 1.45. The predicted molar refractivity (Wildman–Crippen MR) is 140 cm³/mol. The van der Waals surface area contributed by atoms with E-state index in [-0.39, 0.29) is 23.5 Å². The first kappa shape index (κ1) is 23.7. The molecule has 3 heterocycles. The Kier molecular flexibility index (Phi) is 6.32. The molecule has 1 aliphatic rings. The highest BCUT2D eigenvalue weighted by molar-refractivity contribution is 6.30. The predicted octanol–water partition coefficient (Wildman–Crippen LogP) is 5.25. The molecule has 2 N–H and O–H groups in total. The highest BCUT2D eigenvalue weighted by Gasteiger charge is 2.35. The van der Waals surface area contributed by atoms with Crippen LogP contribution in [0.4, 0.5) is 16.7 Å². The second kappa shape index (κ2) is 9.58. The third-order valence-electron chi connectivity index (χ3n) is 6.25. The molecule has 1 unspecified atom stereocenters. The summed E-state index contributed by atoms with van der Waals surface area (Å²) in [6, 6.07) is 14.8. The molecule has 1 saturated heterocycles. The molecule has 0 spiro atoms. The number of rotatable bonds is 6. The molecule has 2 aromatic heterocycles. The number of fused-ring (bicyclic) bond motifs is 1. The van der Waals surface area contributed by atoms with E-state index >= 15 is 0 Å². The lowest BCUT2D eigenvalue weighted by Crippen LogP contribution is -2.35. The van der Waals surface area contributed by atoms with Crippen LogP contribution < -0.4 is 15.8 Å². The standard InChI is InChI=1S/C26H25ClN6O3/c1-4-20-13-36-26(35)33(20)25-30-15(3)29-24(32-25)28-14(2)21-12-18-11-17(7-10-22(18)31-23(21)34)16-5-8-19(27)9-6-16/h5-12,14,20H,4,13H2,1-3H3,(H,31,34)(H,28,29,30,32)/t14?,20-/m0/s1. The van der Waals surface area contributed by atoms with Gasteiger partial charge < -0.3 is 15.0 Å². The van der Waals surface area contributed by atoms with Crippen molar-refractivity contribution in [1.29, 1.82) is 0 Å². The number of nitrogens with zero attached hydrogens (tertiary/aromatic N) is 4. The molecule has 36 heavy (non-hydrogen) atoms. The Hall–Kier alpha value is -3.98. The number of cyclic esters (lactones) is 1. The van der Waals surface area contributed by atoms with E-state index in [1.165, 1.54) is 4.90 Å². The van der Waals surface area contributed by atoms with Gasteiger partial charge >= 0.3 is 6.09 Å². The van der Waals surface area contributed by atoms with Crippen molar-refractivity contribution in [1.82, 2.24) is 19.9 Å². The maximum Gasteiger partial charge on any atom is 0.417 e. The molecule has 9 nitrogen and oxygen atoms in total. The number of carbonyl (C=O) groups excluding carboxylic acids is 1. The molecule has 1 fully saturated rings. The van der Waals surface area contributed by atoms with E-state index in [2.05, 4.69) is 25.3 Å². The second-order valence-electron chi connectivity index (χ2n) is 8.74. The van der Waals surface area contributed by atoms with Crippen LogP contribution in [0.25, 0.3) is 22.0 Å². The van der Waals surface area contributed by atoms with Crippen molar-refractivity contribution in [3.63, 3.8) is 0 Å². The lowest BCUT2D eigenvalue weighted by Gasteiger charge is -2.20. The number of hydrogen-bond acceptors (Lipinski definition) is 7. The van der Waals surface area contributed by atoms with Crippen LogP contribution in [0.15, 0.2) is 53.3 Å². The van der Waals surface area contributed by atoms with E-state index in [9.17, 15) is 9.59 Å². The van der Waals surface area contributed by atoms with Gasteiger partial charge in [-0.3, -0.25) is 4.79 Å². The number of halogens is 1. The maximum atomic E-state index is 12.9. The Morgan fingerprint density at radius 3 is 2.61 bits per heavy atom. The zero-order chi connectivity index (χ0) is 25.4. The number of H-pyrrole nitrogens is 1. The van der Waals surface area contributed by atoms with E-state index < -0.39 is 12.1 Å². The van der Waals surface area contributed by atoms with Gasteiger partial charge in [-0.2, -0.15) is 15.0 Å². The monoisotopic (exact) mass is 504 g/mol. The van der Waals surface area contributed by atoms with Gasteiger partial charge in [0.1, 0.15) is 12.4 Å². The van der Waals surface area contributed by atoms with E-state index in [1.807, 2.05) is 62.4 Å².